The van der Waals surface area contributed by atoms with Crippen LogP contribution in [0.3, 0.4) is 0 Å². The quantitative estimate of drug-likeness (QED) is 0.103. The van der Waals surface area contributed by atoms with Gasteiger partial charge in [0.1, 0.15) is 11.5 Å². The number of anilines is 4. The number of benzene rings is 4. The van der Waals surface area contributed by atoms with Gasteiger partial charge in [-0.2, -0.15) is 0 Å². The van der Waals surface area contributed by atoms with E-state index in [4.69, 9.17) is 4.74 Å². The van der Waals surface area contributed by atoms with Crippen molar-refractivity contribution in [2.75, 3.05) is 10.6 Å². The molecule has 0 saturated heterocycles. The molecule has 0 fully saturated rings. The van der Waals surface area contributed by atoms with E-state index in [1.54, 1.807) is 0 Å². The second-order valence-electron chi connectivity index (χ2n) is 11.8. The van der Waals surface area contributed by atoms with Crippen LogP contribution in [0.15, 0.2) is 97.1 Å². The predicted octanol–water partition coefficient (Wildman–Crippen LogP) is 12.8. The molecule has 0 spiro atoms. The van der Waals surface area contributed by atoms with E-state index in [0.29, 0.717) is 0 Å². The van der Waals surface area contributed by atoms with Crippen LogP contribution in [-0.2, 0) is 12.8 Å². The number of rotatable bonds is 20. The lowest BCUT2D eigenvalue weighted by Gasteiger charge is -2.11. The first-order valence-corrected chi connectivity index (χ1v) is 16.8. The van der Waals surface area contributed by atoms with Crippen molar-refractivity contribution in [1.29, 1.82) is 0 Å². The van der Waals surface area contributed by atoms with Gasteiger partial charge in [-0.1, -0.05) is 102 Å². The Labute approximate surface area is 261 Å². The number of ether oxygens (including phenoxy) is 1. The van der Waals surface area contributed by atoms with E-state index in [0.717, 1.165) is 34.2 Å². The molecule has 0 aliphatic carbocycles. The van der Waals surface area contributed by atoms with E-state index < -0.39 is 0 Å². The van der Waals surface area contributed by atoms with E-state index in [1.165, 1.54) is 101 Å². The third-order valence-electron chi connectivity index (χ3n) is 8.07. The molecule has 0 aliphatic rings. The van der Waals surface area contributed by atoms with Crippen molar-refractivity contribution in [2.24, 2.45) is 0 Å². The molecule has 4 aromatic rings. The van der Waals surface area contributed by atoms with Crippen LogP contribution in [0.4, 0.5) is 22.7 Å². The van der Waals surface area contributed by atoms with Gasteiger partial charge in [0, 0.05) is 22.7 Å². The molecule has 0 saturated carbocycles. The molecule has 43 heavy (non-hydrogen) atoms. The van der Waals surface area contributed by atoms with Gasteiger partial charge in [-0.25, -0.2) is 0 Å². The first-order valence-electron chi connectivity index (χ1n) is 16.8. The summed E-state index contributed by atoms with van der Waals surface area (Å²) in [5.74, 6) is 1.64. The summed E-state index contributed by atoms with van der Waals surface area (Å²) >= 11 is 0. The fourth-order valence-electron chi connectivity index (χ4n) is 5.41. The summed E-state index contributed by atoms with van der Waals surface area (Å²) in [5, 5.41) is 7.00. The maximum absolute atomic E-state index is 6.10. The Morgan fingerprint density at radius 3 is 1.02 bits per heavy atom. The molecule has 228 valence electrons. The van der Waals surface area contributed by atoms with E-state index in [1.807, 2.05) is 24.3 Å². The summed E-state index contributed by atoms with van der Waals surface area (Å²) in [7, 11) is 0. The van der Waals surface area contributed by atoms with Gasteiger partial charge in [-0.05, 0) is 110 Å². The van der Waals surface area contributed by atoms with Crippen LogP contribution in [0, 0.1) is 0 Å². The Morgan fingerprint density at radius 2 is 0.674 bits per heavy atom. The lowest BCUT2D eigenvalue weighted by molar-refractivity contribution is 0.483. The third-order valence-corrected chi connectivity index (χ3v) is 8.07. The molecule has 3 heteroatoms. The summed E-state index contributed by atoms with van der Waals surface area (Å²) in [5.41, 5.74) is 7.15. The van der Waals surface area contributed by atoms with Crippen LogP contribution in [0.5, 0.6) is 11.5 Å². The molecule has 2 N–H and O–H groups in total. The van der Waals surface area contributed by atoms with Crippen LogP contribution in [0.1, 0.15) is 102 Å². The average Bonchev–Trinajstić information content (AvgIpc) is 3.04. The summed E-state index contributed by atoms with van der Waals surface area (Å²) in [6, 6.07) is 34.0. The second kappa shape index (κ2) is 18.7. The highest BCUT2D eigenvalue weighted by atomic mass is 16.5. The van der Waals surface area contributed by atoms with Crippen molar-refractivity contribution < 1.29 is 4.74 Å². The standard InChI is InChI=1S/C40H52N2O/c1-3-5-7-9-11-13-15-33-17-21-35(22-18-33)41-37-25-29-39(30-26-37)43-40-31-27-38(28-32-40)42-36-23-19-34(20-24-36)16-14-12-10-8-6-4-2/h17-32,41-42H,3-16H2,1-2H3. The highest BCUT2D eigenvalue weighted by Crippen LogP contribution is 2.27. The summed E-state index contributed by atoms with van der Waals surface area (Å²) in [4.78, 5) is 0. The molecule has 0 atom stereocenters. The van der Waals surface area contributed by atoms with Crippen molar-refractivity contribution in [3.05, 3.63) is 108 Å². The van der Waals surface area contributed by atoms with Gasteiger partial charge in [-0.15, -0.1) is 0 Å². The zero-order valence-corrected chi connectivity index (χ0v) is 26.5. The second-order valence-corrected chi connectivity index (χ2v) is 11.8. The molecule has 0 amide bonds. The third kappa shape index (κ3) is 12.2. The predicted molar refractivity (Wildman–Crippen MR) is 187 cm³/mol. The molecule has 4 aromatic carbocycles. The molecular formula is C40H52N2O. The van der Waals surface area contributed by atoms with Crippen LogP contribution in [0.25, 0.3) is 0 Å². The monoisotopic (exact) mass is 576 g/mol. The largest absolute Gasteiger partial charge is 0.457 e. The topological polar surface area (TPSA) is 33.3 Å². The highest BCUT2D eigenvalue weighted by Gasteiger charge is 2.02. The van der Waals surface area contributed by atoms with Crippen molar-refractivity contribution >= 4 is 22.7 Å². The van der Waals surface area contributed by atoms with Gasteiger partial charge in [0.2, 0.25) is 0 Å². The van der Waals surface area contributed by atoms with Crippen molar-refractivity contribution in [2.45, 2.75) is 104 Å². The lowest BCUT2D eigenvalue weighted by Crippen LogP contribution is -1.93. The van der Waals surface area contributed by atoms with Gasteiger partial charge in [0.15, 0.2) is 0 Å². The first-order chi connectivity index (χ1) is 21.2. The van der Waals surface area contributed by atoms with E-state index in [-0.39, 0.29) is 0 Å². The number of hydrogen-bond acceptors (Lipinski definition) is 3. The molecule has 3 nitrogen and oxygen atoms in total. The van der Waals surface area contributed by atoms with E-state index in [2.05, 4.69) is 97.3 Å². The fourth-order valence-corrected chi connectivity index (χ4v) is 5.41. The zero-order valence-electron chi connectivity index (χ0n) is 26.5. The minimum Gasteiger partial charge on any atom is -0.457 e. The van der Waals surface area contributed by atoms with Crippen LogP contribution in [-0.4, -0.2) is 0 Å². The van der Waals surface area contributed by atoms with Gasteiger partial charge in [0.25, 0.3) is 0 Å². The van der Waals surface area contributed by atoms with Crippen molar-refractivity contribution in [3.8, 4) is 11.5 Å². The minimum absolute atomic E-state index is 0.821. The Morgan fingerprint density at radius 1 is 0.372 bits per heavy atom. The fraction of sp³-hybridized carbons (Fsp3) is 0.400. The summed E-state index contributed by atoms with van der Waals surface area (Å²) in [6.07, 6.45) is 18.4. The molecule has 0 unspecified atom stereocenters. The minimum atomic E-state index is 0.821. The molecule has 0 aromatic heterocycles. The van der Waals surface area contributed by atoms with Crippen LogP contribution < -0.4 is 15.4 Å². The SMILES string of the molecule is CCCCCCCCc1ccc(Nc2ccc(Oc3ccc(Nc4ccc(CCCCCCCC)cc4)cc3)cc2)cc1. The Hall–Kier alpha value is -3.72. The first kappa shape index (κ1) is 32.2. The Bertz CT molecular complexity index is 1180. The van der Waals surface area contributed by atoms with Gasteiger partial charge in [0.05, 0.1) is 0 Å². The normalized spacial score (nSPS) is 10.9. The lowest BCUT2D eigenvalue weighted by atomic mass is 10.0. The number of aryl methyl sites for hydroxylation is 2. The summed E-state index contributed by atoms with van der Waals surface area (Å²) in [6.45, 7) is 4.54. The molecular weight excluding hydrogens is 524 g/mol. The van der Waals surface area contributed by atoms with Crippen molar-refractivity contribution in [1.82, 2.24) is 0 Å². The van der Waals surface area contributed by atoms with E-state index in [9.17, 15) is 0 Å². The zero-order chi connectivity index (χ0) is 30.0. The van der Waals surface area contributed by atoms with Crippen molar-refractivity contribution in [3.63, 3.8) is 0 Å². The van der Waals surface area contributed by atoms with Gasteiger partial charge >= 0.3 is 0 Å². The molecule has 0 aliphatic heterocycles. The van der Waals surface area contributed by atoms with Gasteiger partial charge < -0.3 is 15.4 Å². The molecule has 0 bridgehead atoms. The Balaban J connectivity index is 1.17. The highest BCUT2D eigenvalue weighted by molar-refractivity contribution is 5.62. The maximum atomic E-state index is 6.10. The number of hydrogen-bond donors (Lipinski definition) is 2. The smallest absolute Gasteiger partial charge is 0.127 e. The van der Waals surface area contributed by atoms with E-state index >= 15 is 0 Å². The van der Waals surface area contributed by atoms with Crippen LogP contribution in [0.2, 0.25) is 0 Å². The maximum Gasteiger partial charge on any atom is 0.127 e. The molecule has 0 heterocycles. The molecule has 4 rings (SSSR count). The van der Waals surface area contributed by atoms with Gasteiger partial charge in [-0.3, -0.25) is 0 Å². The average molecular weight is 577 g/mol. The molecule has 0 radical (unpaired) electrons. The number of unbranched alkanes of at least 4 members (excludes halogenated alkanes) is 10. The number of nitrogens with one attached hydrogen (secondary N) is 2. The Kier molecular flexibility index (Phi) is 14.0. The van der Waals surface area contributed by atoms with Crippen LogP contribution >= 0.6 is 0 Å². The summed E-state index contributed by atoms with van der Waals surface area (Å²) < 4.78 is 6.10.